The van der Waals surface area contributed by atoms with Gasteiger partial charge >= 0.3 is 5.63 Å². The number of hydrogen-bond acceptors (Lipinski definition) is 4. The molecule has 4 aromatic rings. The third kappa shape index (κ3) is 1.49. The Morgan fingerprint density at radius 1 is 0.850 bits per heavy atom. The highest BCUT2D eigenvalue weighted by atomic mass is 16.4. The molecule has 0 saturated carbocycles. The Morgan fingerprint density at radius 2 is 1.65 bits per heavy atom. The summed E-state index contributed by atoms with van der Waals surface area (Å²) >= 11 is 0. The molecule has 98 valence electrons. The summed E-state index contributed by atoms with van der Waals surface area (Å²) < 4.78 is 10.9. The molecule has 0 atom stereocenters. The van der Waals surface area contributed by atoms with Crippen LogP contribution in [0.15, 0.2) is 56.1 Å². The lowest BCUT2D eigenvalue weighted by Crippen LogP contribution is -2.00. The van der Waals surface area contributed by atoms with E-state index in [0.29, 0.717) is 16.7 Å². The van der Waals surface area contributed by atoms with Gasteiger partial charge in [-0.05, 0) is 17.7 Å². The van der Waals surface area contributed by atoms with Crippen LogP contribution in [0.25, 0.3) is 32.9 Å². The van der Waals surface area contributed by atoms with E-state index in [1.807, 2.05) is 30.3 Å². The zero-order chi connectivity index (χ0) is 13.7. The van der Waals surface area contributed by atoms with Crippen molar-refractivity contribution in [1.29, 1.82) is 0 Å². The van der Waals surface area contributed by atoms with Crippen LogP contribution in [0, 0.1) is 0 Å². The Bertz CT molecular complexity index is 1010. The first-order chi connectivity index (χ1) is 9.76. The van der Waals surface area contributed by atoms with Crippen molar-refractivity contribution in [1.82, 2.24) is 0 Å². The number of benzene rings is 2. The van der Waals surface area contributed by atoms with Gasteiger partial charge in [0.05, 0.1) is 6.61 Å². The molecule has 0 aliphatic heterocycles. The molecule has 4 heteroatoms. The van der Waals surface area contributed by atoms with Gasteiger partial charge in [-0.25, -0.2) is 4.79 Å². The van der Waals surface area contributed by atoms with E-state index in [2.05, 4.69) is 0 Å². The molecule has 0 fully saturated rings. The van der Waals surface area contributed by atoms with Crippen molar-refractivity contribution in [2.75, 3.05) is 0 Å². The topological polar surface area (TPSA) is 63.6 Å². The van der Waals surface area contributed by atoms with Gasteiger partial charge in [-0.1, -0.05) is 18.2 Å². The highest BCUT2D eigenvalue weighted by Gasteiger charge is 2.11. The van der Waals surface area contributed by atoms with Crippen LogP contribution in [-0.4, -0.2) is 5.11 Å². The second-order valence-electron chi connectivity index (χ2n) is 4.69. The number of hydrogen-bond donors (Lipinski definition) is 1. The van der Waals surface area contributed by atoms with Gasteiger partial charge in [-0.2, -0.15) is 0 Å². The van der Waals surface area contributed by atoms with Crippen molar-refractivity contribution in [2.24, 2.45) is 0 Å². The van der Waals surface area contributed by atoms with Crippen molar-refractivity contribution < 1.29 is 13.9 Å². The summed E-state index contributed by atoms with van der Waals surface area (Å²) in [7, 11) is 0. The van der Waals surface area contributed by atoms with E-state index in [-0.39, 0.29) is 6.61 Å². The lowest BCUT2D eigenvalue weighted by molar-refractivity contribution is 0.282. The molecule has 0 amide bonds. The van der Waals surface area contributed by atoms with Gasteiger partial charge in [0.15, 0.2) is 0 Å². The summed E-state index contributed by atoms with van der Waals surface area (Å²) in [6.45, 7) is -0.205. The van der Waals surface area contributed by atoms with Gasteiger partial charge in [0, 0.05) is 28.3 Å². The van der Waals surface area contributed by atoms with Crippen molar-refractivity contribution in [2.45, 2.75) is 6.61 Å². The number of rotatable bonds is 1. The Hall–Kier alpha value is -2.59. The molecule has 0 aliphatic carbocycles. The van der Waals surface area contributed by atoms with Gasteiger partial charge in [0.25, 0.3) is 0 Å². The fourth-order valence-corrected chi connectivity index (χ4v) is 2.58. The molecule has 20 heavy (non-hydrogen) atoms. The molecule has 1 N–H and O–H groups in total. The number of furan rings is 1. The van der Waals surface area contributed by atoms with Crippen LogP contribution in [0.3, 0.4) is 0 Å². The van der Waals surface area contributed by atoms with Crippen molar-refractivity contribution >= 4 is 32.9 Å². The Balaban J connectivity index is 2.24. The maximum absolute atomic E-state index is 11.5. The molecule has 0 spiro atoms. The van der Waals surface area contributed by atoms with E-state index in [0.717, 1.165) is 21.7 Å². The third-order valence-corrected chi connectivity index (χ3v) is 3.50. The first-order valence-electron chi connectivity index (χ1n) is 6.25. The number of fused-ring (bicyclic) bond motifs is 4. The van der Waals surface area contributed by atoms with Crippen LogP contribution in [0.5, 0.6) is 0 Å². The third-order valence-electron chi connectivity index (χ3n) is 3.50. The van der Waals surface area contributed by atoms with Crippen molar-refractivity contribution in [3.8, 4) is 0 Å². The van der Waals surface area contributed by atoms with Crippen LogP contribution >= 0.6 is 0 Å². The van der Waals surface area contributed by atoms with Crippen LogP contribution in [0.2, 0.25) is 0 Å². The van der Waals surface area contributed by atoms with Gasteiger partial charge in [0.2, 0.25) is 0 Å². The molecule has 0 bridgehead atoms. The zero-order valence-electron chi connectivity index (χ0n) is 10.4. The minimum Gasteiger partial charge on any atom is -0.456 e. The minimum atomic E-state index is -0.475. The Labute approximate surface area is 112 Å². The standard InChI is InChI=1S/C16H10O4/c17-8-9-5-16(18)20-14-7-15-12(6-11(9)14)10-3-1-2-4-13(10)19-15/h1-7,17H,8H2. The number of aliphatic hydroxyl groups excluding tert-OH is 1. The first-order valence-corrected chi connectivity index (χ1v) is 6.25. The van der Waals surface area contributed by atoms with E-state index in [1.54, 1.807) is 6.07 Å². The summed E-state index contributed by atoms with van der Waals surface area (Å²) in [6, 6.07) is 12.6. The molecule has 2 aromatic carbocycles. The predicted octanol–water partition coefficient (Wildman–Crippen LogP) is 3.18. The summed E-state index contributed by atoms with van der Waals surface area (Å²) in [5.74, 6) is 0. The van der Waals surface area contributed by atoms with Crippen LogP contribution in [0.1, 0.15) is 5.56 Å². The number of para-hydroxylation sites is 1. The molecular formula is C16H10O4. The minimum absolute atomic E-state index is 0.205. The van der Waals surface area contributed by atoms with E-state index in [4.69, 9.17) is 8.83 Å². The molecule has 2 heterocycles. The summed E-state index contributed by atoms with van der Waals surface area (Å²) in [5.41, 5.74) is 1.95. The molecule has 0 radical (unpaired) electrons. The maximum atomic E-state index is 11.5. The smallest absolute Gasteiger partial charge is 0.336 e. The van der Waals surface area contributed by atoms with Crippen LogP contribution in [0.4, 0.5) is 0 Å². The van der Waals surface area contributed by atoms with E-state index in [1.165, 1.54) is 6.07 Å². The highest BCUT2D eigenvalue weighted by Crippen LogP contribution is 2.32. The SMILES string of the molecule is O=c1cc(CO)c2cc3c(cc2o1)oc1ccccc13. The molecule has 0 saturated heterocycles. The average molecular weight is 266 g/mol. The number of aliphatic hydroxyl groups is 1. The first kappa shape index (κ1) is 11.3. The van der Waals surface area contributed by atoms with E-state index < -0.39 is 5.63 Å². The molecular weight excluding hydrogens is 256 g/mol. The monoisotopic (exact) mass is 266 g/mol. The second kappa shape index (κ2) is 3.95. The quantitative estimate of drug-likeness (QED) is 0.537. The van der Waals surface area contributed by atoms with Crippen LogP contribution in [-0.2, 0) is 6.61 Å². The average Bonchev–Trinajstić information content (AvgIpc) is 2.81. The maximum Gasteiger partial charge on any atom is 0.336 e. The normalized spacial score (nSPS) is 11.7. The van der Waals surface area contributed by atoms with E-state index >= 15 is 0 Å². The highest BCUT2D eigenvalue weighted by molar-refractivity contribution is 6.09. The van der Waals surface area contributed by atoms with Crippen LogP contribution < -0.4 is 5.63 Å². The van der Waals surface area contributed by atoms with Crippen molar-refractivity contribution in [3.63, 3.8) is 0 Å². The van der Waals surface area contributed by atoms with E-state index in [9.17, 15) is 9.90 Å². The van der Waals surface area contributed by atoms with Gasteiger partial charge in [-0.15, -0.1) is 0 Å². The fourth-order valence-electron chi connectivity index (χ4n) is 2.58. The molecule has 0 unspecified atom stereocenters. The van der Waals surface area contributed by atoms with Gasteiger partial charge < -0.3 is 13.9 Å². The summed E-state index contributed by atoms with van der Waals surface area (Å²) in [4.78, 5) is 11.5. The lowest BCUT2D eigenvalue weighted by atomic mass is 10.1. The van der Waals surface area contributed by atoms with Gasteiger partial charge in [0.1, 0.15) is 16.7 Å². The predicted molar refractivity (Wildman–Crippen MR) is 75.7 cm³/mol. The zero-order valence-corrected chi connectivity index (χ0v) is 10.4. The summed E-state index contributed by atoms with van der Waals surface area (Å²) in [5, 5.41) is 12.1. The molecule has 4 nitrogen and oxygen atoms in total. The largest absolute Gasteiger partial charge is 0.456 e. The molecule has 2 aromatic heterocycles. The summed E-state index contributed by atoms with van der Waals surface area (Å²) in [6.07, 6.45) is 0. The lowest BCUT2D eigenvalue weighted by Gasteiger charge is -2.02. The molecule has 4 rings (SSSR count). The Kier molecular flexibility index (Phi) is 2.22. The second-order valence-corrected chi connectivity index (χ2v) is 4.69. The van der Waals surface area contributed by atoms with Gasteiger partial charge in [-0.3, -0.25) is 0 Å². The Morgan fingerprint density at radius 3 is 2.50 bits per heavy atom. The molecule has 0 aliphatic rings. The van der Waals surface area contributed by atoms with Crippen molar-refractivity contribution in [3.05, 3.63) is 58.4 Å². The fraction of sp³-hybridized carbons (Fsp3) is 0.0625.